The SMILES string of the molecule is CCCC1(c2nc3ccccc3[nH]2)CCNCC1. The van der Waals surface area contributed by atoms with Gasteiger partial charge in [-0.3, -0.25) is 0 Å². The van der Waals surface area contributed by atoms with Crippen molar-refractivity contribution < 1.29 is 0 Å². The molecule has 1 fully saturated rings. The number of nitrogens with one attached hydrogen (secondary N) is 2. The van der Waals surface area contributed by atoms with Crippen LogP contribution in [0.5, 0.6) is 0 Å². The smallest absolute Gasteiger partial charge is 0.113 e. The number of para-hydroxylation sites is 2. The summed E-state index contributed by atoms with van der Waals surface area (Å²) in [6.45, 7) is 4.49. The van der Waals surface area contributed by atoms with Gasteiger partial charge in [0.05, 0.1) is 11.0 Å². The van der Waals surface area contributed by atoms with Gasteiger partial charge in [0.1, 0.15) is 5.82 Å². The summed E-state index contributed by atoms with van der Waals surface area (Å²) in [5.74, 6) is 1.20. The summed E-state index contributed by atoms with van der Waals surface area (Å²) in [5, 5.41) is 3.46. The van der Waals surface area contributed by atoms with E-state index in [2.05, 4.69) is 41.5 Å². The van der Waals surface area contributed by atoms with Gasteiger partial charge in [0.25, 0.3) is 0 Å². The van der Waals surface area contributed by atoms with Crippen molar-refractivity contribution in [1.82, 2.24) is 15.3 Å². The normalized spacial score (nSPS) is 19.2. The van der Waals surface area contributed by atoms with Crippen molar-refractivity contribution in [1.29, 1.82) is 0 Å². The summed E-state index contributed by atoms with van der Waals surface area (Å²) in [6, 6.07) is 8.34. The van der Waals surface area contributed by atoms with E-state index in [4.69, 9.17) is 4.98 Å². The molecular weight excluding hydrogens is 222 g/mol. The fourth-order valence-electron chi connectivity index (χ4n) is 3.19. The molecular formula is C15H21N3. The van der Waals surface area contributed by atoms with E-state index < -0.39 is 0 Å². The van der Waals surface area contributed by atoms with E-state index in [1.54, 1.807) is 0 Å². The molecule has 2 heterocycles. The first-order chi connectivity index (χ1) is 8.84. The number of aromatic amines is 1. The fourth-order valence-corrected chi connectivity index (χ4v) is 3.19. The second-order valence-corrected chi connectivity index (χ2v) is 5.38. The van der Waals surface area contributed by atoms with Crippen LogP contribution in [0, 0.1) is 0 Å². The van der Waals surface area contributed by atoms with Gasteiger partial charge in [-0.15, -0.1) is 0 Å². The Morgan fingerprint density at radius 2 is 2.00 bits per heavy atom. The highest BCUT2D eigenvalue weighted by Crippen LogP contribution is 2.36. The highest BCUT2D eigenvalue weighted by molar-refractivity contribution is 5.75. The molecule has 0 spiro atoms. The van der Waals surface area contributed by atoms with E-state index in [0.29, 0.717) is 0 Å². The van der Waals surface area contributed by atoms with Gasteiger partial charge < -0.3 is 10.3 Å². The number of hydrogen-bond acceptors (Lipinski definition) is 2. The van der Waals surface area contributed by atoms with E-state index >= 15 is 0 Å². The largest absolute Gasteiger partial charge is 0.342 e. The summed E-state index contributed by atoms with van der Waals surface area (Å²) in [6.07, 6.45) is 4.84. The maximum atomic E-state index is 4.84. The predicted molar refractivity (Wildman–Crippen MR) is 74.8 cm³/mol. The van der Waals surface area contributed by atoms with E-state index in [-0.39, 0.29) is 5.41 Å². The van der Waals surface area contributed by atoms with Gasteiger partial charge in [0.2, 0.25) is 0 Å². The summed E-state index contributed by atoms with van der Waals surface area (Å²) < 4.78 is 0. The molecule has 96 valence electrons. The first kappa shape index (κ1) is 11.7. The molecule has 1 aliphatic rings. The standard InChI is InChI=1S/C15H21N3/c1-2-7-15(8-10-16-11-9-15)14-17-12-5-3-4-6-13(12)18-14/h3-6,16H,2,7-11H2,1H3,(H,17,18). The molecule has 0 saturated carbocycles. The molecule has 0 radical (unpaired) electrons. The lowest BCUT2D eigenvalue weighted by molar-refractivity contribution is 0.273. The van der Waals surface area contributed by atoms with Crippen molar-refractivity contribution in [2.75, 3.05) is 13.1 Å². The molecule has 0 unspecified atom stereocenters. The van der Waals surface area contributed by atoms with Crippen LogP contribution in [0.3, 0.4) is 0 Å². The third kappa shape index (κ3) is 1.93. The van der Waals surface area contributed by atoms with E-state index in [9.17, 15) is 0 Å². The molecule has 0 atom stereocenters. The van der Waals surface area contributed by atoms with Gasteiger partial charge in [-0.2, -0.15) is 0 Å². The molecule has 0 bridgehead atoms. The molecule has 3 heteroatoms. The zero-order chi connectivity index (χ0) is 12.4. The minimum absolute atomic E-state index is 0.263. The van der Waals surface area contributed by atoms with E-state index in [0.717, 1.165) is 18.6 Å². The lowest BCUT2D eigenvalue weighted by Crippen LogP contribution is -2.40. The number of fused-ring (bicyclic) bond motifs is 1. The summed E-state index contributed by atoms with van der Waals surface area (Å²) in [4.78, 5) is 8.40. The van der Waals surface area contributed by atoms with E-state index in [1.165, 1.54) is 37.0 Å². The number of H-pyrrole nitrogens is 1. The number of benzene rings is 1. The number of hydrogen-bond donors (Lipinski definition) is 2. The Bertz CT molecular complexity index is 485. The van der Waals surface area contributed by atoms with Crippen molar-refractivity contribution >= 4 is 11.0 Å². The quantitative estimate of drug-likeness (QED) is 0.870. The molecule has 0 aliphatic carbocycles. The molecule has 2 N–H and O–H groups in total. The van der Waals surface area contributed by atoms with Crippen LogP contribution in [0.1, 0.15) is 38.4 Å². The third-order valence-corrected chi connectivity index (χ3v) is 4.18. The highest BCUT2D eigenvalue weighted by Gasteiger charge is 2.35. The number of aromatic nitrogens is 2. The lowest BCUT2D eigenvalue weighted by Gasteiger charge is -2.35. The zero-order valence-electron chi connectivity index (χ0n) is 11.0. The molecule has 3 nitrogen and oxygen atoms in total. The van der Waals surface area contributed by atoms with Gasteiger partial charge >= 0.3 is 0 Å². The number of nitrogens with zero attached hydrogens (tertiary/aromatic N) is 1. The maximum Gasteiger partial charge on any atom is 0.113 e. The molecule has 1 aromatic heterocycles. The number of rotatable bonds is 3. The number of imidazole rings is 1. The van der Waals surface area contributed by atoms with Crippen LogP contribution in [0.4, 0.5) is 0 Å². The van der Waals surface area contributed by atoms with Gasteiger partial charge in [-0.25, -0.2) is 4.98 Å². The monoisotopic (exact) mass is 243 g/mol. The first-order valence-electron chi connectivity index (χ1n) is 7.00. The van der Waals surface area contributed by atoms with Gasteiger partial charge in [0, 0.05) is 5.41 Å². The molecule has 3 rings (SSSR count). The maximum absolute atomic E-state index is 4.84. The molecule has 1 saturated heterocycles. The lowest BCUT2D eigenvalue weighted by atomic mass is 9.75. The zero-order valence-corrected chi connectivity index (χ0v) is 11.0. The average Bonchev–Trinajstić information content (AvgIpc) is 2.84. The van der Waals surface area contributed by atoms with Crippen molar-refractivity contribution in [2.24, 2.45) is 0 Å². The van der Waals surface area contributed by atoms with Crippen molar-refractivity contribution in [3.05, 3.63) is 30.1 Å². The van der Waals surface area contributed by atoms with Crippen LogP contribution in [0.25, 0.3) is 11.0 Å². The molecule has 2 aromatic rings. The Labute approximate surface area is 108 Å². The molecule has 1 aromatic carbocycles. The van der Waals surface area contributed by atoms with Crippen molar-refractivity contribution in [2.45, 2.75) is 38.0 Å². The van der Waals surface area contributed by atoms with Gasteiger partial charge in [0.15, 0.2) is 0 Å². The number of piperidine rings is 1. The van der Waals surface area contributed by atoms with E-state index in [1.807, 2.05) is 0 Å². The molecule has 0 amide bonds. The highest BCUT2D eigenvalue weighted by atomic mass is 15.0. The van der Waals surface area contributed by atoms with Gasteiger partial charge in [-0.1, -0.05) is 25.5 Å². The molecule has 18 heavy (non-hydrogen) atoms. The third-order valence-electron chi connectivity index (χ3n) is 4.18. The first-order valence-corrected chi connectivity index (χ1v) is 7.00. The second kappa shape index (κ2) is 4.73. The Balaban J connectivity index is 2.03. The average molecular weight is 243 g/mol. The van der Waals surface area contributed by atoms with Gasteiger partial charge in [-0.05, 0) is 44.5 Å². The van der Waals surface area contributed by atoms with Crippen LogP contribution < -0.4 is 5.32 Å². The fraction of sp³-hybridized carbons (Fsp3) is 0.533. The van der Waals surface area contributed by atoms with Crippen LogP contribution in [-0.4, -0.2) is 23.1 Å². The van der Waals surface area contributed by atoms with Crippen molar-refractivity contribution in [3.63, 3.8) is 0 Å². The minimum Gasteiger partial charge on any atom is -0.342 e. The van der Waals surface area contributed by atoms with Crippen LogP contribution in [0.15, 0.2) is 24.3 Å². The topological polar surface area (TPSA) is 40.7 Å². The predicted octanol–water partition coefficient (Wildman–Crippen LogP) is 2.98. The van der Waals surface area contributed by atoms with Crippen molar-refractivity contribution in [3.8, 4) is 0 Å². The Kier molecular flexibility index (Phi) is 3.08. The minimum atomic E-state index is 0.263. The summed E-state index contributed by atoms with van der Waals surface area (Å²) >= 11 is 0. The Morgan fingerprint density at radius 1 is 1.22 bits per heavy atom. The second-order valence-electron chi connectivity index (χ2n) is 5.38. The van der Waals surface area contributed by atoms with Crippen LogP contribution in [-0.2, 0) is 5.41 Å². The molecule has 1 aliphatic heterocycles. The summed E-state index contributed by atoms with van der Waals surface area (Å²) in [5.41, 5.74) is 2.53. The Morgan fingerprint density at radius 3 is 2.72 bits per heavy atom. The summed E-state index contributed by atoms with van der Waals surface area (Å²) in [7, 11) is 0. The Hall–Kier alpha value is -1.35. The van der Waals surface area contributed by atoms with Crippen LogP contribution >= 0.6 is 0 Å². The van der Waals surface area contributed by atoms with Crippen LogP contribution in [0.2, 0.25) is 0 Å².